The van der Waals surface area contributed by atoms with Crippen molar-refractivity contribution < 1.29 is 14.6 Å². The number of halogens is 1. The Bertz CT molecular complexity index is 483. The third-order valence-corrected chi connectivity index (χ3v) is 3.88. The van der Waals surface area contributed by atoms with E-state index in [1.807, 2.05) is 19.9 Å². The van der Waals surface area contributed by atoms with Gasteiger partial charge in [-0.3, -0.25) is 0 Å². The molecule has 1 N–H and O–H groups in total. The largest absolute Gasteiger partial charge is 0.507 e. The number of ether oxygens (including phenoxy) is 1. The molecule has 0 aromatic heterocycles. The number of carbonyl (C=O) groups is 1. The summed E-state index contributed by atoms with van der Waals surface area (Å²) in [6, 6.07) is 1.94. The molecule has 1 aromatic rings. The van der Waals surface area contributed by atoms with Gasteiger partial charge in [0, 0.05) is 5.88 Å². The monoisotopic (exact) mass is 312 g/mol. The van der Waals surface area contributed by atoms with Crippen LogP contribution in [0, 0.1) is 13.8 Å². The average Bonchev–Trinajstić information content (AvgIpc) is 2.41. The molecule has 0 unspecified atom stereocenters. The molecular formula is C17H25ClO3. The van der Waals surface area contributed by atoms with Crippen molar-refractivity contribution in [1.82, 2.24) is 0 Å². The predicted molar refractivity (Wildman–Crippen MR) is 86.4 cm³/mol. The van der Waals surface area contributed by atoms with E-state index >= 15 is 0 Å². The number of hydrogen-bond acceptors (Lipinski definition) is 3. The normalized spacial score (nSPS) is 10.7. The van der Waals surface area contributed by atoms with E-state index in [0.29, 0.717) is 18.1 Å². The molecule has 0 spiro atoms. The van der Waals surface area contributed by atoms with E-state index in [9.17, 15) is 9.90 Å². The molecule has 0 fully saturated rings. The quantitative estimate of drug-likeness (QED) is 0.436. The van der Waals surface area contributed by atoms with Crippen molar-refractivity contribution in [3.05, 3.63) is 28.3 Å². The molecule has 3 nitrogen and oxygen atoms in total. The van der Waals surface area contributed by atoms with Gasteiger partial charge in [-0.2, -0.15) is 0 Å². The molecule has 21 heavy (non-hydrogen) atoms. The van der Waals surface area contributed by atoms with Crippen molar-refractivity contribution >= 4 is 17.6 Å². The Morgan fingerprint density at radius 1 is 1.19 bits per heavy atom. The van der Waals surface area contributed by atoms with Crippen LogP contribution < -0.4 is 0 Å². The van der Waals surface area contributed by atoms with Gasteiger partial charge in [0.25, 0.3) is 0 Å². The van der Waals surface area contributed by atoms with Crippen LogP contribution in [0.25, 0.3) is 0 Å². The zero-order chi connectivity index (χ0) is 15.8. The van der Waals surface area contributed by atoms with Gasteiger partial charge in [-0.1, -0.05) is 18.9 Å². The van der Waals surface area contributed by atoms with Crippen LogP contribution in [0.4, 0.5) is 0 Å². The molecule has 1 aromatic carbocycles. The van der Waals surface area contributed by atoms with Gasteiger partial charge in [0.15, 0.2) is 0 Å². The van der Waals surface area contributed by atoms with Crippen LogP contribution in [0.2, 0.25) is 0 Å². The minimum Gasteiger partial charge on any atom is -0.507 e. The number of phenols is 1. The molecule has 1 rings (SSSR count). The maximum atomic E-state index is 12.0. The first kappa shape index (κ1) is 17.8. The Morgan fingerprint density at radius 2 is 1.86 bits per heavy atom. The van der Waals surface area contributed by atoms with Crippen molar-refractivity contribution in [2.45, 2.75) is 52.9 Å². The fourth-order valence-corrected chi connectivity index (χ4v) is 2.72. The molecule has 0 amide bonds. The molecule has 0 saturated carbocycles. The number of phenolic OH excluding ortho intramolecular Hbond substituents is 1. The van der Waals surface area contributed by atoms with Crippen molar-refractivity contribution in [3.8, 4) is 5.75 Å². The molecular weight excluding hydrogens is 288 g/mol. The first-order chi connectivity index (χ1) is 10.0. The van der Waals surface area contributed by atoms with Crippen molar-refractivity contribution in [1.29, 1.82) is 0 Å². The molecule has 0 aliphatic carbocycles. The number of aromatic hydroxyl groups is 1. The van der Waals surface area contributed by atoms with Crippen LogP contribution in [-0.4, -0.2) is 23.6 Å². The second kappa shape index (κ2) is 8.93. The van der Waals surface area contributed by atoms with E-state index in [2.05, 4.69) is 0 Å². The highest BCUT2D eigenvalue weighted by molar-refractivity contribution is 6.17. The first-order valence-corrected chi connectivity index (χ1v) is 8.11. The summed E-state index contributed by atoms with van der Waals surface area (Å²) in [5, 5.41) is 10.4. The fourth-order valence-electron chi connectivity index (χ4n) is 2.53. The average molecular weight is 313 g/mol. The summed E-state index contributed by atoms with van der Waals surface area (Å²) >= 11 is 5.66. The van der Waals surface area contributed by atoms with E-state index in [0.717, 1.165) is 48.8 Å². The number of unbranched alkanes of at least 4 members (excludes halogenated alkanes) is 3. The number of rotatable bonds is 8. The van der Waals surface area contributed by atoms with E-state index in [1.54, 1.807) is 6.92 Å². The lowest BCUT2D eigenvalue weighted by Crippen LogP contribution is -2.09. The van der Waals surface area contributed by atoms with Gasteiger partial charge >= 0.3 is 5.97 Å². The molecule has 4 heteroatoms. The maximum Gasteiger partial charge on any atom is 0.342 e. The lowest BCUT2D eigenvalue weighted by Gasteiger charge is -2.15. The SMILES string of the molecule is CCOC(=O)c1c(C)cc(C)c(CCCCCCCl)c1O. The summed E-state index contributed by atoms with van der Waals surface area (Å²) in [7, 11) is 0. The number of esters is 1. The summed E-state index contributed by atoms with van der Waals surface area (Å²) in [6.07, 6.45) is 4.95. The summed E-state index contributed by atoms with van der Waals surface area (Å²) in [5.74, 6) is 0.334. The Hall–Kier alpha value is -1.22. The van der Waals surface area contributed by atoms with Gasteiger partial charge in [0.1, 0.15) is 11.3 Å². The van der Waals surface area contributed by atoms with Gasteiger partial charge in [-0.15, -0.1) is 11.6 Å². The predicted octanol–water partition coefficient (Wildman–Crippen LogP) is 4.53. The highest BCUT2D eigenvalue weighted by Crippen LogP contribution is 2.31. The van der Waals surface area contributed by atoms with Crippen molar-refractivity contribution in [2.75, 3.05) is 12.5 Å². The third kappa shape index (κ3) is 4.92. The minimum absolute atomic E-state index is 0.0864. The lowest BCUT2D eigenvalue weighted by molar-refractivity contribution is 0.0522. The fraction of sp³-hybridized carbons (Fsp3) is 0.588. The molecule has 0 aliphatic rings. The van der Waals surface area contributed by atoms with E-state index in [4.69, 9.17) is 16.3 Å². The molecule has 0 saturated heterocycles. The van der Waals surface area contributed by atoms with Gasteiger partial charge < -0.3 is 9.84 Å². The third-order valence-electron chi connectivity index (χ3n) is 3.62. The van der Waals surface area contributed by atoms with Gasteiger partial charge in [0.05, 0.1) is 6.61 Å². The van der Waals surface area contributed by atoms with Crippen molar-refractivity contribution in [3.63, 3.8) is 0 Å². The Morgan fingerprint density at radius 3 is 2.48 bits per heavy atom. The Kier molecular flexibility index (Phi) is 7.58. The highest BCUT2D eigenvalue weighted by Gasteiger charge is 2.20. The molecule has 0 atom stereocenters. The molecule has 0 aliphatic heterocycles. The van der Waals surface area contributed by atoms with E-state index in [1.165, 1.54) is 0 Å². The number of alkyl halides is 1. The van der Waals surface area contributed by atoms with E-state index < -0.39 is 5.97 Å². The molecule has 0 bridgehead atoms. The molecule has 118 valence electrons. The van der Waals surface area contributed by atoms with Crippen LogP contribution in [0.3, 0.4) is 0 Å². The van der Waals surface area contributed by atoms with Crippen LogP contribution in [-0.2, 0) is 11.2 Å². The highest BCUT2D eigenvalue weighted by atomic mass is 35.5. The van der Waals surface area contributed by atoms with Crippen LogP contribution >= 0.6 is 11.6 Å². The van der Waals surface area contributed by atoms with E-state index in [-0.39, 0.29) is 5.75 Å². The maximum absolute atomic E-state index is 12.0. The van der Waals surface area contributed by atoms with Crippen molar-refractivity contribution in [2.24, 2.45) is 0 Å². The number of aryl methyl sites for hydroxylation is 2. The Labute approximate surface area is 132 Å². The zero-order valence-corrected chi connectivity index (χ0v) is 13.9. The summed E-state index contributed by atoms with van der Waals surface area (Å²) in [4.78, 5) is 12.0. The first-order valence-electron chi connectivity index (χ1n) is 7.58. The lowest BCUT2D eigenvalue weighted by atomic mass is 9.94. The number of carbonyl (C=O) groups excluding carboxylic acids is 1. The second-order valence-corrected chi connectivity index (χ2v) is 5.66. The topological polar surface area (TPSA) is 46.5 Å². The second-order valence-electron chi connectivity index (χ2n) is 5.29. The Balaban J connectivity index is 2.88. The van der Waals surface area contributed by atoms with Gasteiger partial charge in [-0.25, -0.2) is 4.79 Å². The van der Waals surface area contributed by atoms with Crippen LogP contribution in [0.15, 0.2) is 6.07 Å². The van der Waals surface area contributed by atoms with Crippen LogP contribution in [0.5, 0.6) is 5.75 Å². The van der Waals surface area contributed by atoms with Crippen LogP contribution in [0.1, 0.15) is 59.7 Å². The molecule has 0 heterocycles. The summed E-state index contributed by atoms with van der Waals surface area (Å²) in [5.41, 5.74) is 2.94. The number of hydrogen-bond donors (Lipinski definition) is 1. The zero-order valence-electron chi connectivity index (χ0n) is 13.2. The number of benzene rings is 1. The standard InChI is InChI=1S/C17H25ClO3/c1-4-21-17(20)15-13(3)11-12(2)14(16(15)19)9-7-5-6-8-10-18/h11,19H,4-10H2,1-3H3. The smallest absolute Gasteiger partial charge is 0.342 e. The summed E-state index contributed by atoms with van der Waals surface area (Å²) < 4.78 is 5.03. The molecule has 0 radical (unpaired) electrons. The summed E-state index contributed by atoms with van der Waals surface area (Å²) in [6.45, 7) is 5.86. The van der Waals surface area contributed by atoms with Gasteiger partial charge in [0.2, 0.25) is 0 Å². The minimum atomic E-state index is -0.448. The van der Waals surface area contributed by atoms with Gasteiger partial charge in [-0.05, 0) is 56.7 Å².